The lowest BCUT2D eigenvalue weighted by atomic mass is 9.93. The lowest BCUT2D eigenvalue weighted by Crippen LogP contribution is -2.19. The Balaban J connectivity index is 1.76. The quantitative estimate of drug-likeness (QED) is 0.525. The average molecular weight is 357 g/mol. The largest absolute Gasteiger partial charge is 0.423 e. The predicted molar refractivity (Wildman–Crippen MR) is 102 cm³/mol. The molecule has 2 aromatic heterocycles. The molecule has 0 unspecified atom stereocenters. The Morgan fingerprint density at radius 1 is 1.16 bits per heavy atom. The number of fused-ring (bicyclic) bond motifs is 1. The summed E-state index contributed by atoms with van der Waals surface area (Å²) in [4.78, 5) is 11.5. The van der Waals surface area contributed by atoms with E-state index in [2.05, 4.69) is 15.8 Å². The van der Waals surface area contributed by atoms with Crippen LogP contribution in [0.3, 0.4) is 0 Å². The van der Waals surface area contributed by atoms with Crippen molar-refractivity contribution in [3.05, 3.63) is 52.1 Å². The van der Waals surface area contributed by atoms with Gasteiger partial charge in [0.05, 0.1) is 0 Å². The van der Waals surface area contributed by atoms with Crippen LogP contribution in [0.2, 0.25) is 0 Å². The maximum Gasteiger partial charge on any atom is 0.336 e. The lowest BCUT2D eigenvalue weighted by molar-refractivity contribution is 0.331. The van der Waals surface area contributed by atoms with Gasteiger partial charge >= 0.3 is 5.63 Å². The van der Waals surface area contributed by atoms with Gasteiger partial charge in [0.25, 0.3) is 0 Å². The average Bonchev–Trinajstić information content (AvgIpc) is 2.95. The van der Waals surface area contributed by atoms with Gasteiger partial charge in [0.2, 0.25) is 0 Å². The van der Waals surface area contributed by atoms with E-state index in [1.165, 1.54) is 6.07 Å². The third-order valence-corrected chi connectivity index (χ3v) is 3.90. The topological polar surface area (TPSA) is 80.3 Å². The summed E-state index contributed by atoms with van der Waals surface area (Å²) in [6, 6.07) is 8.77. The van der Waals surface area contributed by atoms with Crippen molar-refractivity contribution in [2.24, 2.45) is 0 Å². The van der Waals surface area contributed by atoms with Crippen LogP contribution in [0.4, 0.5) is 11.5 Å². The summed E-state index contributed by atoms with van der Waals surface area (Å²) in [5.41, 5.74) is 1.58. The Morgan fingerprint density at radius 2 is 1.92 bits per heavy atom. The van der Waals surface area contributed by atoms with E-state index in [0.29, 0.717) is 22.2 Å². The summed E-state index contributed by atoms with van der Waals surface area (Å²) in [6.07, 6.45) is 0. The van der Waals surface area contributed by atoms with Crippen LogP contribution in [-0.2, 0) is 5.41 Å². The van der Waals surface area contributed by atoms with E-state index >= 15 is 0 Å². The van der Waals surface area contributed by atoms with Gasteiger partial charge in [-0.3, -0.25) is 0 Å². The molecule has 0 aliphatic carbocycles. The minimum Gasteiger partial charge on any atom is -0.423 e. The van der Waals surface area contributed by atoms with Crippen molar-refractivity contribution in [3.8, 4) is 0 Å². The van der Waals surface area contributed by atoms with Gasteiger partial charge in [-0.05, 0) is 36.8 Å². The van der Waals surface area contributed by atoms with Gasteiger partial charge in [0.15, 0.2) is 10.9 Å². The Morgan fingerprint density at radius 3 is 2.60 bits per heavy atom. The molecule has 2 N–H and O–H groups in total. The van der Waals surface area contributed by atoms with E-state index in [-0.39, 0.29) is 11.0 Å². The number of aromatic nitrogens is 1. The number of anilines is 2. The van der Waals surface area contributed by atoms with Crippen molar-refractivity contribution in [2.45, 2.75) is 33.1 Å². The molecule has 0 amide bonds. The Kier molecular flexibility index (Phi) is 4.34. The molecule has 0 radical (unpaired) electrons. The molecule has 0 atom stereocenters. The predicted octanol–water partition coefficient (Wildman–Crippen LogP) is 4.20. The number of rotatable bonds is 2. The number of hydrogen-bond donors (Lipinski definition) is 2. The first kappa shape index (κ1) is 17.2. The fraction of sp³-hybridized carbons (Fsp3) is 0.278. The lowest BCUT2D eigenvalue weighted by Gasteiger charge is -2.12. The van der Waals surface area contributed by atoms with E-state index < -0.39 is 0 Å². The van der Waals surface area contributed by atoms with Crippen molar-refractivity contribution in [3.63, 3.8) is 0 Å². The SMILES string of the molecule is Cc1cc(=O)oc2cc(NC(=S)Nc3cc(C(C)(C)C)on3)ccc12. The maximum atomic E-state index is 11.5. The van der Waals surface area contributed by atoms with Crippen molar-refractivity contribution in [1.82, 2.24) is 5.16 Å². The van der Waals surface area contributed by atoms with Gasteiger partial charge in [-0.25, -0.2) is 4.79 Å². The third-order valence-electron chi connectivity index (χ3n) is 3.70. The first-order valence-corrected chi connectivity index (χ1v) is 8.23. The second kappa shape index (κ2) is 6.33. The summed E-state index contributed by atoms with van der Waals surface area (Å²) in [7, 11) is 0. The zero-order chi connectivity index (χ0) is 18.2. The van der Waals surface area contributed by atoms with Crippen LogP contribution >= 0.6 is 12.2 Å². The number of thiocarbonyl (C=S) groups is 1. The molecule has 0 bridgehead atoms. The highest BCUT2D eigenvalue weighted by molar-refractivity contribution is 7.80. The van der Waals surface area contributed by atoms with Crippen LogP contribution < -0.4 is 16.3 Å². The van der Waals surface area contributed by atoms with Crippen LogP contribution in [0.15, 0.2) is 44.1 Å². The number of hydrogen-bond acceptors (Lipinski definition) is 5. The number of aryl methyl sites for hydroxylation is 1. The van der Waals surface area contributed by atoms with Gasteiger partial charge < -0.3 is 19.6 Å². The molecule has 0 aliphatic rings. The van der Waals surface area contributed by atoms with Crippen molar-refractivity contribution < 1.29 is 8.94 Å². The second-order valence-corrected chi connectivity index (χ2v) is 7.27. The van der Waals surface area contributed by atoms with Gasteiger partial charge in [-0.15, -0.1) is 0 Å². The highest BCUT2D eigenvalue weighted by atomic mass is 32.1. The van der Waals surface area contributed by atoms with E-state index in [0.717, 1.165) is 16.7 Å². The van der Waals surface area contributed by atoms with E-state index in [9.17, 15) is 4.79 Å². The minimum atomic E-state index is -0.375. The van der Waals surface area contributed by atoms with Gasteiger partial charge in [0, 0.05) is 34.7 Å². The molecule has 7 heteroatoms. The summed E-state index contributed by atoms with van der Waals surface area (Å²) in [5, 5.41) is 11.2. The van der Waals surface area contributed by atoms with Crippen LogP contribution in [0, 0.1) is 6.92 Å². The van der Waals surface area contributed by atoms with Gasteiger partial charge in [0.1, 0.15) is 11.3 Å². The zero-order valence-corrected chi connectivity index (χ0v) is 15.3. The number of benzene rings is 1. The molecular weight excluding hydrogens is 338 g/mol. The molecule has 3 rings (SSSR count). The molecule has 130 valence electrons. The third kappa shape index (κ3) is 3.88. The first-order valence-electron chi connectivity index (χ1n) is 7.82. The summed E-state index contributed by atoms with van der Waals surface area (Å²) >= 11 is 5.30. The fourth-order valence-corrected chi connectivity index (χ4v) is 2.59. The van der Waals surface area contributed by atoms with E-state index in [1.807, 2.05) is 45.9 Å². The summed E-state index contributed by atoms with van der Waals surface area (Å²) in [6.45, 7) is 7.99. The van der Waals surface area contributed by atoms with E-state index in [1.54, 1.807) is 6.07 Å². The van der Waals surface area contributed by atoms with Crippen LogP contribution in [0.5, 0.6) is 0 Å². The molecule has 0 aliphatic heterocycles. The fourth-order valence-electron chi connectivity index (χ4n) is 2.37. The molecule has 0 fully saturated rings. The zero-order valence-electron chi connectivity index (χ0n) is 14.5. The highest BCUT2D eigenvalue weighted by Crippen LogP contribution is 2.25. The molecule has 0 saturated carbocycles. The number of nitrogens with zero attached hydrogens (tertiary/aromatic N) is 1. The van der Waals surface area contributed by atoms with Crippen LogP contribution in [0.1, 0.15) is 32.1 Å². The highest BCUT2D eigenvalue weighted by Gasteiger charge is 2.20. The Bertz CT molecular complexity index is 999. The van der Waals surface area contributed by atoms with Crippen LogP contribution in [0.25, 0.3) is 11.0 Å². The van der Waals surface area contributed by atoms with Gasteiger partial charge in [-0.1, -0.05) is 25.9 Å². The van der Waals surface area contributed by atoms with Crippen molar-refractivity contribution in [2.75, 3.05) is 10.6 Å². The summed E-state index contributed by atoms with van der Waals surface area (Å²) in [5.74, 6) is 1.30. The van der Waals surface area contributed by atoms with E-state index in [4.69, 9.17) is 21.2 Å². The second-order valence-electron chi connectivity index (χ2n) is 6.86. The first-order chi connectivity index (χ1) is 11.7. The molecule has 3 aromatic rings. The molecule has 6 nitrogen and oxygen atoms in total. The standard InChI is InChI=1S/C18H19N3O3S/c1-10-7-16(22)23-13-8-11(5-6-12(10)13)19-17(25)20-15-9-14(24-21-15)18(2,3)4/h5-9H,1-4H3,(H2,19,20,21,25). The normalized spacial score (nSPS) is 11.5. The van der Waals surface area contributed by atoms with Gasteiger partial charge in [-0.2, -0.15) is 0 Å². The maximum absolute atomic E-state index is 11.5. The smallest absolute Gasteiger partial charge is 0.336 e. The number of nitrogens with one attached hydrogen (secondary N) is 2. The molecule has 2 heterocycles. The summed E-state index contributed by atoms with van der Waals surface area (Å²) < 4.78 is 10.6. The van der Waals surface area contributed by atoms with Crippen molar-refractivity contribution in [1.29, 1.82) is 0 Å². The Labute approximate surface area is 150 Å². The monoisotopic (exact) mass is 357 g/mol. The molecular formula is C18H19N3O3S. The molecule has 1 aromatic carbocycles. The molecule has 0 saturated heterocycles. The van der Waals surface area contributed by atoms with Crippen molar-refractivity contribution >= 4 is 39.8 Å². The molecule has 0 spiro atoms. The molecule has 25 heavy (non-hydrogen) atoms. The van der Waals surface area contributed by atoms with Crippen LogP contribution in [-0.4, -0.2) is 10.3 Å². The Hall–Kier alpha value is -2.67. The minimum absolute atomic E-state index is 0.129.